The highest BCUT2D eigenvalue weighted by molar-refractivity contribution is 14.0. The average Bonchev–Trinajstić information content (AvgIpc) is 3.25. The molecule has 6 heteroatoms. The normalized spacial score (nSPS) is 20.8. The molecule has 2 N–H and O–H groups in total. The Morgan fingerprint density at radius 3 is 2.84 bits per heavy atom. The molecule has 0 bridgehead atoms. The lowest BCUT2D eigenvalue weighted by molar-refractivity contribution is 0.259. The molecule has 2 heterocycles. The minimum absolute atomic E-state index is 0. The minimum Gasteiger partial charge on any atom is -0.508 e. The van der Waals surface area contributed by atoms with E-state index < -0.39 is 0 Å². The molecule has 0 saturated carbocycles. The molecule has 0 amide bonds. The van der Waals surface area contributed by atoms with Crippen LogP contribution in [0.3, 0.4) is 0 Å². The van der Waals surface area contributed by atoms with Gasteiger partial charge in [-0.25, -0.2) is 0 Å². The van der Waals surface area contributed by atoms with E-state index >= 15 is 0 Å². The standard InChI is InChI=1S/C19H28N4O.HI/c1-2-20-19(21-10-8-16-6-5-7-18(24)14-16)23-13-9-17(15-23)22-11-3-4-12-22;/h3-7,14,17,24H,2,8-13,15H2,1H3,(H,20,21);1H. The van der Waals surface area contributed by atoms with Crippen LogP contribution < -0.4 is 5.32 Å². The van der Waals surface area contributed by atoms with Gasteiger partial charge >= 0.3 is 0 Å². The number of phenols is 1. The number of hydrogen-bond acceptors (Lipinski definition) is 3. The summed E-state index contributed by atoms with van der Waals surface area (Å²) in [5.41, 5.74) is 1.12. The molecule has 1 aromatic carbocycles. The Kier molecular flexibility index (Phi) is 8.02. The highest BCUT2D eigenvalue weighted by Gasteiger charge is 2.29. The van der Waals surface area contributed by atoms with E-state index in [1.54, 1.807) is 6.07 Å². The fraction of sp³-hybridized carbons (Fsp3) is 0.526. The zero-order valence-electron chi connectivity index (χ0n) is 14.9. The Bertz CT molecular complexity index is 597. The van der Waals surface area contributed by atoms with Crippen LogP contribution >= 0.6 is 24.0 Å². The van der Waals surface area contributed by atoms with E-state index in [0.717, 1.165) is 57.2 Å². The van der Waals surface area contributed by atoms with Crippen molar-refractivity contribution in [2.75, 3.05) is 39.3 Å². The van der Waals surface area contributed by atoms with Crippen LogP contribution in [0, 0.1) is 0 Å². The molecule has 138 valence electrons. The topological polar surface area (TPSA) is 51.1 Å². The van der Waals surface area contributed by atoms with Gasteiger partial charge in [-0.3, -0.25) is 9.89 Å². The quantitative estimate of drug-likeness (QED) is 0.310. The molecule has 1 unspecified atom stereocenters. The fourth-order valence-electron chi connectivity index (χ4n) is 3.45. The highest BCUT2D eigenvalue weighted by atomic mass is 127. The van der Waals surface area contributed by atoms with Gasteiger partial charge in [-0.15, -0.1) is 24.0 Å². The van der Waals surface area contributed by atoms with Crippen LogP contribution in [0.1, 0.15) is 18.9 Å². The zero-order chi connectivity index (χ0) is 16.8. The van der Waals surface area contributed by atoms with E-state index in [1.807, 2.05) is 18.2 Å². The Morgan fingerprint density at radius 1 is 1.32 bits per heavy atom. The summed E-state index contributed by atoms with van der Waals surface area (Å²) < 4.78 is 0. The smallest absolute Gasteiger partial charge is 0.193 e. The number of aromatic hydroxyl groups is 1. The molecule has 1 saturated heterocycles. The fourth-order valence-corrected chi connectivity index (χ4v) is 3.45. The number of benzene rings is 1. The number of aliphatic imine (C=N–C) groups is 1. The van der Waals surface area contributed by atoms with Crippen LogP contribution in [0.15, 0.2) is 41.4 Å². The second kappa shape index (κ2) is 10.0. The number of halogens is 1. The van der Waals surface area contributed by atoms with Gasteiger partial charge in [0.05, 0.1) is 0 Å². The zero-order valence-corrected chi connectivity index (χ0v) is 17.2. The van der Waals surface area contributed by atoms with E-state index in [1.165, 1.54) is 6.42 Å². The molecular weight excluding hydrogens is 427 g/mol. The van der Waals surface area contributed by atoms with Crippen LogP contribution in [0.5, 0.6) is 5.75 Å². The maximum Gasteiger partial charge on any atom is 0.193 e. The first kappa shape index (κ1) is 20.0. The Balaban J connectivity index is 0.00000225. The monoisotopic (exact) mass is 456 g/mol. The van der Waals surface area contributed by atoms with E-state index in [-0.39, 0.29) is 24.0 Å². The molecule has 3 rings (SSSR count). The average molecular weight is 456 g/mol. The summed E-state index contributed by atoms with van der Waals surface area (Å²) in [5, 5.41) is 13.0. The third-order valence-corrected chi connectivity index (χ3v) is 4.73. The predicted molar refractivity (Wildman–Crippen MR) is 114 cm³/mol. The lowest BCUT2D eigenvalue weighted by atomic mass is 10.1. The molecule has 2 aliphatic heterocycles. The van der Waals surface area contributed by atoms with Gasteiger partial charge in [0.15, 0.2) is 5.96 Å². The maximum absolute atomic E-state index is 9.55. The van der Waals surface area contributed by atoms with Gasteiger partial charge in [0.25, 0.3) is 0 Å². The summed E-state index contributed by atoms with van der Waals surface area (Å²) in [6, 6.07) is 8.07. The second-order valence-corrected chi connectivity index (χ2v) is 6.47. The molecule has 5 nitrogen and oxygen atoms in total. The number of nitrogens with zero attached hydrogens (tertiary/aromatic N) is 3. The van der Waals surface area contributed by atoms with Gasteiger partial charge < -0.3 is 15.3 Å². The van der Waals surface area contributed by atoms with E-state index in [4.69, 9.17) is 4.99 Å². The molecule has 0 aliphatic carbocycles. The molecule has 0 spiro atoms. The van der Waals surface area contributed by atoms with E-state index in [2.05, 4.69) is 34.2 Å². The third kappa shape index (κ3) is 5.60. The summed E-state index contributed by atoms with van der Waals surface area (Å²) in [4.78, 5) is 9.72. The van der Waals surface area contributed by atoms with Gasteiger partial charge in [0, 0.05) is 45.3 Å². The number of guanidine groups is 1. The summed E-state index contributed by atoms with van der Waals surface area (Å²) in [6.07, 6.45) is 6.57. The molecular formula is C19H29IN4O. The van der Waals surface area contributed by atoms with Gasteiger partial charge in [-0.1, -0.05) is 24.3 Å². The Hall–Kier alpha value is -1.28. The van der Waals surface area contributed by atoms with Crippen molar-refractivity contribution in [1.82, 2.24) is 15.1 Å². The second-order valence-electron chi connectivity index (χ2n) is 6.47. The van der Waals surface area contributed by atoms with Crippen molar-refractivity contribution in [2.24, 2.45) is 4.99 Å². The molecule has 0 aromatic heterocycles. The van der Waals surface area contributed by atoms with Gasteiger partial charge in [0.2, 0.25) is 0 Å². The number of nitrogens with one attached hydrogen (secondary N) is 1. The summed E-state index contributed by atoms with van der Waals surface area (Å²) in [7, 11) is 0. The molecule has 2 aliphatic rings. The van der Waals surface area contributed by atoms with Crippen LogP contribution in [0.4, 0.5) is 0 Å². The number of hydrogen-bond donors (Lipinski definition) is 2. The first-order valence-electron chi connectivity index (χ1n) is 8.96. The van der Waals surface area contributed by atoms with Gasteiger partial charge in [0.1, 0.15) is 5.75 Å². The van der Waals surface area contributed by atoms with Crippen LogP contribution in [0.25, 0.3) is 0 Å². The molecule has 25 heavy (non-hydrogen) atoms. The van der Waals surface area contributed by atoms with Crippen LogP contribution in [0.2, 0.25) is 0 Å². The molecule has 1 aromatic rings. The SMILES string of the molecule is CCNC(=NCCc1cccc(O)c1)N1CCC(N2CC=CC2)C1.I. The van der Waals surface area contributed by atoms with Crippen LogP contribution in [-0.2, 0) is 6.42 Å². The summed E-state index contributed by atoms with van der Waals surface area (Å²) in [5.74, 6) is 1.34. The highest BCUT2D eigenvalue weighted by Crippen LogP contribution is 2.18. The first-order chi connectivity index (χ1) is 11.8. The lowest BCUT2D eigenvalue weighted by Crippen LogP contribution is -2.43. The van der Waals surface area contributed by atoms with Crippen molar-refractivity contribution in [3.8, 4) is 5.75 Å². The Morgan fingerprint density at radius 2 is 2.12 bits per heavy atom. The van der Waals surface area contributed by atoms with Crippen molar-refractivity contribution in [3.05, 3.63) is 42.0 Å². The van der Waals surface area contributed by atoms with Gasteiger partial charge in [-0.2, -0.15) is 0 Å². The number of phenolic OH excluding ortho intramolecular Hbond substituents is 1. The Labute approximate surface area is 167 Å². The lowest BCUT2D eigenvalue weighted by Gasteiger charge is -2.25. The number of likely N-dealkylation sites (tertiary alicyclic amines) is 1. The third-order valence-electron chi connectivity index (χ3n) is 4.73. The largest absolute Gasteiger partial charge is 0.508 e. The maximum atomic E-state index is 9.55. The van der Waals surface area contributed by atoms with Crippen molar-refractivity contribution in [3.63, 3.8) is 0 Å². The first-order valence-corrected chi connectivity index (χ1v) is 8.96. The van der Waals surface area contributed by atoms with Crippen molar-refractivity contribution in [1.29, 1.82) is 0 Å². The van der Waals surface area contributed by atoms with Crippen molar-refractivity contribution >= 4 is 29.9 Å². The van der Waals surface area contributed by atoms with Crippen molar-refractivity contribution in [2.45, 2.75) is 25.8 Å². The molecule has 0 radical (unpaired) electrons. The summed E-state index contributed by atoms with van der Waals surface area (Å²) in [6.45, 7) is 8.03. The molecule has 1 fully saturated rings. The van der Waals surface area contributed by atoms with E-state index in [9.17, 15) is 5.11 Å². The number of rotatable bonds is 5. The predicted octanol–water partition coefficient (Wildman–Crippen LogP) is 2.46. The van der Waals surface area contributed by atoms with Crippen molar-refractivity contribution < 1.29 is 5.11 Å². The van der Waals surface area contributed by atoms with Gasteiger partial charge in [-0.05, 0) is 37.5 Å². The molecule has 1 atom stereocenters. The van der Waals surface area contributed by atoms with E-state index in [0.29, 0.717) is 11.8 Å². The minimum atomic E-state index is 0. The van der Waals surface area contributed by atoms with Crippen LogP contribution in [-0.4, -0.2) is 66.2 Å². The summed E-state index contributed by atoms with van der Waals surface area (Å²) >= 11 is 0.